The molecule has 0 bridgehead atoms. The summed E-state index contributed by atoms with van der Waals surface area (Å²) < 4.78 is 0. The van der Waals surface area contributed by atoms with Crippen LogP contribution in [0.2, 0.25) is 5.02 Å². The van der Waals surface area contributed by atoms with Crippen LogP contribution in [0.1, 0.15) is 47.3 Å². The van der Waals surface area contributed by atoms with Crippen molar-refractivity contribution in [2.24, 2.45) is 0 Å². The molecule has 0 atom stereocenters. The molecule has 25 heavy (non-hydrogen) atoms. The normalized spacial score (nSPS) is 14.4. The largest absolute Gasteiger partial charge is 0.313 e. The predicted octanol–water partition coefficient (Wildman–Crippen LogP) is 5.58. The second-order valence-corrected chi connectivity index (χ2v) is 7.65. The minimum atomic E-state index is -0.222. The quantitative estimate of drug-likeness (QED) is 0.716. The Morgan fingerprint density at radius 3 is 2.60 bits per heavy atom. The number of amides is 1. The van der Waals surface area contributed by atoms with Crippen LogP contribution in [0.3, 0.4) is 0 Å². The van der Waals surface area contributed by atoms with E-state index in [1.54, 1.807) is 29.5 Å². The predicted molar refractivity (Wildman–Crippen MR) is 104 cm³/mol. The van der Waals surface area contributed by atoms with Crippen LogP contribution in [0.25, 0.3) is 6.08 Å². The van der Waals surface area contributed by atoms with Crippen LogP contribution in [-0.2, 0) is 17.6 Å². The summed E-state index contributed by atoms with van der Waals surface area (Å²) in [4.78, 5) is 13.5. The lowest BCUT2D eigenvalue weighted by atomic mass is 9.97. The van der Waals surface area contributed by atoms with Gasteiger partial charge in [-0.15, -0.1) is 11.3 Å². The number of aryl methyl sites for hydroxylation is 1. The van der Waals surface area contributed by atoms with Crippen LogP contribution < -0.4 is 5.32 Å². The lowest BCUT2D eigenvalue weighted by Crippen LogP contribution is -2.07. The Bertz CT molecular complexity index is 831. The number of benzene rings is 1. The van der Waals surface area contributed by atoms with Gasteiger partial charge in [-0.3, -0.25) is 4.79 Å². The van der Waals surface area contributed by atoms with E-state index in [1.165, 1.54) is 23.8 Å². The Hall–Kier alpha value is -2.09. The fraction of sp³-hybridized carbons (Fsp3) is 0.300. The van der Waals surface area contributed by atoms with Crippen LogP contribution in [0.4, 0.5) is 5.00 Å². The van der Waals surface area contributed by atoms with Crippen molar-refractivity contribution in [3.63, 3.8) is 0 Å². The Morgan fingerprint density at radius 1 is 1.16 bits per heavy atom. The zero-order valence-electron chi connectivity index (χ0n) is 13.8. The number of halogens is 1. The molecule has 0 radical (unpaired) electrons. The molecule has 1 heterocycles. The number of rotatable bonds is 3. The maximum atomic E-state index is 12.2. The summed E-state index contributed by atoms with van der Waals surface area (Å²) in [5.74, 6) is -0.222. The summed E-state index contributed by atoms with van der Waals surface area (Å²) >= 11 is 7.41. The Labute approximate surface area is 156 Å². The van der Waals surface area contributed by atoms with Gasteiger partial charge >= 0.3 is 0 Å². The molecule has 2 aromatic rings. The molecule has 1 N–H and O–H groups in total. The third kappa shape index (κ3) is 4.50. The molecule has 3 rings (SSSR count). The third-order valence-corrected chi connectivity index (χ3v) is 5.78. The summed E-state index contributed by atoms with van der Waals surface area (Å²) in [7, 11) is 0. The van der Waals surface area contributed by atoms with Gasteiger partial charge in [0, 0.05) is 16.0 Å². The number of nitrogens with zero attached hydrogens (tertiary/aromatic N) is 1. The summed E-state index contributed by atoms with van der Waals surface area (Å²) in [5, 5.41) is 13.8. The van der Waals surface area contributed by atoms with E-state index in [-0.39, 0.29) is 5.91 Å². The summed E-state index contributed by atoms with van der Waals surface area (Å²) in [6, 6.07) is 9.56. The van der Waals surface area contributed by atoms with E-state index in [1.807, 2.05) is 12.1 Å². The molecule has 5 heteroatoms. The van der Waals surface area contributed by atoms with Gasteiger partial charge in [0.25, 0.3) is 0 Å². The average molecular weight is 371 g/mol. The molecule has 0 spiro atoms. The Balaban J connectivity index is 1.75. The standard InChI is InChI=1S/C20H19ClN2OS/c21-15-10-7-14(8-11-15)9-12-19(24)23-20-17(13-22)16-5-3-1-2-4-6-18(16)25-20/h7-12H,1-6H2,(H,23,24)/b12-9+. The maximum Gasteiger partial charge on any atom is 0.249 e. The van der Waals surface area contributed by atoms with E-state index in [0.717, 1.165) is 36.8 Å². The minimum Gasteiger partial charge on any atom is -0.313 e. The van der Waals surface area contributed by atoms with Crippen LogP contribution in [0.5, 0.6) is 0 Å². The molecule has 0 fully saturated rings. The summed E-state index contributed by atoms with van der Waals surface area (Å²) in [6.45, 7) is 0. The van der Waals surface area contributed by atoms with Crippen LogP contribution in [0, 0.1) is 11.3 Å². The second-order valence-electron chi connectivity index (χ2n) is 6.11. The van der Waals surface area contributed by atoms with E-state index in [9.17, 15) is 10.1 Å². The number of nitrogens with one attached hydrogen (secondary N) is 1. The zero-order valence-corrected chi connectivity index (χ0v) is 15.4. The summed E-state index contributed by atoms with van der Waals surface area (Å²) in [5.41, 5.74) is 2.69. The van der Waals surface area contributed by atoms with Gasteiger partial charge in [-0.05, 0) is 55.0 Å². The first-order chi connectivity index (χ1) is 12.2. The van der Waals surface area contributed by atoms with Gasteiger partial charge in [-0.2, -0.15) is 5.26 Å². The molecule has 0 saturated heterocycles. The molecule has 1 aliphatic rings. The lowest BCUT2D eigenvalue weighted by Gasteiger charge is -2.08. The summed E-state index contributed by atoms with van der Waals surface area (Å²) in [6.07, 6.45) is 9.89. The molecule has 1 aliphatic carbocycles. The van der Waals surface area contributed by atoms with E-state index in [4.69, 9.17) is 11.6 Å². The average Bonchev–Trinajstić information content (AvgIpc) is 2.90. The van der Waals surface area contributed by atoms with Crippen molar-refractivity contribution in [2.75, 3.05) is 5.32 Å². The first-order valence-electron chi connectivity index (χ1n) is 8.46. The first-order valence-corrected chi connectivity index (χ1v) is 9.66. The SMILES string of the molecule is N#Cc1c(NC(=O)/C=C/c2ccc(Cl)cc2)sc2c1CCCCCC2. The number of nitriles is 1. The van der Waals surface area contributed by atoms with Crippen LogP contribution >= 0.6 is 22.9 Å². The van der Waals surface area contributed by atoms with E-state index >= 15 is 0 Å². The van der Waals surface area contributed by atoms with Gasteiger partial charge in [-0.1, -0.05) is 36.6 Å². The fourth-order valence-electron chi connectivity index (χ4n) is 3.03. The van der Waals surface area contributed by atoms with Crippen molar-refractivity contribution in [1.29, 1.82) is 5.26 Å². The van der Waals surface area contributed by atoms with Crippen molar-refractivity contribution in [2.45, 2.75) is 38.5 Å². The van der Waals surface area contributed by atoms with Crippen LogP contribution in [-0.4, -0.2) is 5.91 Å². The van der Waals surface area contributed by atoms with Gasteiger partial charge in [0.05, 0.1) is 5.56 Å². The number of hydrogen-bond donors (Lipinski definition) is 1. The first kappa shape index (κ1) is 17.7. The van der Waals surface area contributed by atoms with Crippen molar-refractivity contribution in [3.8, 4) is 6.07 Å². The molecule has 3 nitrogen and oxygen atoms in total. The molecule has 0 saturated carbocycles. The number of fused-ring (bicyclic) bond motifs is 1. The van der Waals surface area contributed by atoms with E-state index < -0.39 is 0 Å². The van der Waals surface area contributed by atoms with E-state index in [0.29, 0.717) is 15.6 Å². The number of anilines is 1. The van der Waals surface area contributed by atoms with Crippen molar-refractivity contribution in [1.82, 2.24) is 0 Å². The molecule has 0 unspecified atom stereocenters. The molecule has 1 aromatic carbocycles. The van der Waals surface area contributed by atoms with Crippen LogP contribution in [0.15, 0.2) is 30.3 Å². The van der Waals surface area contributed by atoms with Gasteiger partial charge in [-0.25, -0.2) is 0 Å². The Morgan fingerprint density at radius 2 is 1.88 bits per heavy atom. The topological polar surface area (TPSA) is 52.9 Å². The fourth-order valence-corrected chi connectivity index (χ4v) is 4.39. The maximum absolute atomic E-state index is 12.2. The number of carbonyl (C=O) groups is 1. The Kier molecular flexibility index (Phi) is 5.91. The highest BCUT2D eigenvalue weighted by Crippen LogP contribution is 2.36. The second kappa shape index (κ2) is 8.33. The number of hydrogen-bond acceptors (Lipinski definition) is 3. The molecule has 1 aromatic heterocycles. The van der Waals surface area contributed by atoms with Gasteiger partial charge in [0.15, 0.2) is 0 Å². The van der Waals surface area contributed by atoms with Gasteiger partial charge < -0.3 is 5.32 Å². The van der Waals surface area contributed by atoms with Gasteiger partial charge in [0.2, 0.25) is 5.91 Å². The molecule has 128 valence electrons. The minimum absolute atomic E-state index is 0.222. The molecular weight excluding hydrogens is 352 g/mol. The van der Waals surface area contributed by atoms with E-state index in [2.05, 4.69) is 11.4 Å². The molecule has 0 aliphatic heterocycles. The number of thiophene rings is 1. The number of carbonyl (C=O) groups excluding carboxylic acids is 1. The van der Waals surface area contributed by atoms with Crippen molar-refractivity contribution in [3.05, 3.63) is 56.9 Å². The highest BCUT2D eigenvalue weighted by Gasteiger charge is 2.19. The highest BCUT2D eigenvalue weighted by atomic mass is 35.5. The highest BCUT2D eigenvalue weighted by molar-refractivity contribution is 7.16. The zero-order chi connectivity index (χ0) is 17.6. The smallest absolute Gasteiger partial charge is 0.249 e. The monoisotopic (exact) mass is 370 g/mol. The molecule has 1 amide bonds. The molecular formula is C20H19ClN2OS. The van der Waals surface area contributed by atoms with Gasteiger partial charge in [0.1, 0.15) is 11.1 Å². The van der Waals surface area contributed by atoms with Crippen molar-refractivity contribution >= 4 is 39.9 Å². The van der Waals surface area contributed by atoms with Crippen molar-refractivity contribution < 1.29 is 4.79 Å². The lowest BCUT2D eigenvalue weighted by molar-refractivity contribution is -0.111. The third-order valence-electron chi connectivity index (χ3n) is 4.32.